The molecule has 3 N–H and O–H groups in total. The second kappa shape index (κ2) is 11.0. The van der Waals surface area contributed by atoms with Crippen molar-refractivity contribution in [1.29, 1.82) is 0 Å². The van der Waals surface area contributed by atoms with Crippen LogP contribution in [0.1, 0.15) is 29.3 Å². The molecule has 2 aromatic heterocycles. The van der Waals surface area contributed by atoms with Gasteiger partial charge in [0, 0.05) is 11.8 Å². The molecule has 4 rings (SSSR count). The highest BCUT2D eigenvalue weighted by atomic mass is 32.2. The number of aromatic nitrogens is 1. The molecule has 0 radical (unpaired) electrons. The molecule has 0 unspecified atom stereocenters. The van der Waals surface area contributed by atoms with Crippen LogP contribution in [-0.4, -0.2) is 19.3 Å². The van der Waals surface area contributed by atoms with E-state index in [1.807, 2.05) is 53.2 Å². The third kappa shape index (κ3) is 6.16. The number of benzene rings is 2. The van der Waals surface area contributed by atoms with Crippen molar-refractivity contribution in [3.05, 3.63) is 94.3 Å². The van der Waals surface area contributed by atoms with Gasteiger partial charge in [-0.05, 0) is 47.5 Å². The highest BCUT2D eigenvalue weighted by Crippen LogP contribution is 2.31. The molecule has 176 valence electrons. The summed E-state index contributed by atoms with van der Waals surface area (Å²) in [4.78, 5) is 18.6. The molecule has 0 saturated heterocycles. The minimum absolute atomic E-state index is 0.0316. The van der Waals surface area contributed by atoms with Gasteiger partial charge in [0.25, 0.3) is 0 Å². The Hall–Kier alpha value is -2.89. The summed E-state index contributed by atoms with van der Waals surface area (Å²) >= 11 is 3.14. The van der Waals surface area contributed by atoms with Crippen LogP contribution in [0.3, 0.4) is 0 Å². The molecule has 0 spiro atoms. The Balaban J connectivity index is 1.52. The lowest BCUT2D eigenvalue weighted by atomic mass is 10.0. The number of nitrogens with two attached hydrogens (primary N) is 1. The molecule has 0 aliphatic heterocycles. The quantitative estimate of drug-likeness (QED) is 0.302. The van der Waals surface area contributed by atoms with Crippen molar-refractivity contribution in [1.82, 2.24) is 10.3 Å². The van der Waals surface area contributed by atoms with Crippen molar-refractivity contribution >= 4 is 38.7 Å². The Morgan fingerprint density at radius 1 is 1.00 bits per heavy atom. The minimum atomic E-state index is -3.97. The smallest absolute Gasteiger partial charge is 0.312 e. The summed E-state index contributed by atoms with van der Waals surface area (Å²) < 4.78 is 27.7. The van der Waals surface area contributed by atoms with Gasteiger partial charge >= 0.3 is 10.1 Å². The van der Waals surface area contributed by atoms with Gasteiger partial charge in [0.15, 0.2) is 0 Å². The van der Waals surface area contributed by atoms with Gasteiger partial charge in [-0.25, -0.2) is 4.98 Å². The van der Waals surface area contributed by atoms with Gasteiger partial charge in [0.1, 0.15) is 5.01 Å². The zero-order chi connectivity index (χ0) is 24.0. The van der Waals surface area contributed by atoms with E-state index in [1.165, 1.54) is 23.5 Å². The van der Waals surface area contributed by atoms with E-state index in [9.17, 15) is 13.2 Å². The molecule has 7 nitrogen and oxygen atoms in total. The minimum Gasteiger partial charge on any atom is -0.347 e. The number of thiazole rings is 1. The Bertz CT molecular complexity index is 1320. The van der Waals surface area contributed by atoms with Gasteiger partial charge in [-0.15, -0.1) is 22.7 Å². The van der Waals surface area contributed by atoms with E-state index < -0.39 is 10.1 Å². The highest BCUT2D eigenvalue weighted by molar-refractivity contribution is 7.86. The van der Waals surface area contributed by atoms with Gasteiger partial charge in [0.2, 0.25) is 5.91 Å². The third-order valence-corrected chi connectivity index (χ3v) is 8.21. The van der Waals surface area contributed by atoms with Crippen LogP contribution in [0.25, 0.3) is 9.88 Å². The van der Waals surface area contributed by atoms with Gasteiger partial charge in [-0.1, -0.05) is 48.5 Å². The summed E-state index contributed by atoms with van der Waals surface area (Å²) in [5.74, 6) is 4.79. The fourth-order valence-electron chi connectivity index (χ4n) is 3.44. The van der Waals surface area contributed by atoms with Crippen LogP contribution in [0.2, 0.25) is 0 Å². The summed E-state index contributed by atoms with van der Waals surface area (Å²) in [7, 11) is -3.97. The number of hydrogen-bond acceptors (Lipinski definition) is 8. The lowest BCUT2D eigenvalue weighted by Crippen LogP contribution is -2.30. The van der Waals surface area contributed by atoms with Crippen LogP contribution in [0.5, 0.6) is 0 Å². The molecular weight excluding hydrogens is 490 g/mol. The average Bonchev–Trinajstić information content (AvgIpc) is 3.56. The molecule has 0 fully saturated rings. The second-order valence-corrected chi connectivity index (χ2v) is 10.9. The molecule has 2 aromatic carbocycles. The van der Waals surface area contributed by atoms with Crippen LogP contribution in [0, 0.1) is 0 Å². The van der Waals surface area contributed by atoms with Crippen LogP contribution in [-0.2, 0) is 32.0 Å². The summed E-state index contributed by atoms with van der Waals surface area (Å²) in [6, 6.07) is 19.7. The van der Waals surface area contributed by atoms with E-state index in [0.717, 1.165) is 26.7 Å². The van der Waals surface area contributed by atoms with Crippen molar-refractivity contribution in [3.8, 4) is 9.88 Å². The van der Waals surface area contributed by atoms with Crippen molar-refractivity contribution in [3.63, 3.8) is 0 Å². The number of carbonyl (C=O) groups is 1. The summed E-state index contributed by atoms with van der Waals surface area (Å²) in [5, 5.41) is 7.97. The van der Waals surface area contributed by atoms with E-state index in [2.05, 4.69) is 9.60 Å². The zero-order valence-corrected chi connectivity index (χ0v) is 20.5. The van der Waals surface area contributed by atoms with Crippen molar-refractivity contribution in [2.24, 2.45) is 5.90 Å². The maximum absolute atomic E-state index is 12.8. The average molecular weight is 514 g/mol. The fourth-order valence-corrected chi connectivity index (χ4v) is 5.71. The highest BCUT2D eigenvalue weighted by Gasteiger charge is 2.20. The Morgan fingerprint density at radius 3 is 2.44 bits per heavy atom. The molecule has 0 saturated carbocycles. The number of thiophene rings is 1. The molecule has 34 heavy (non-hydrogen) atoms. The lowest BCUT2D eigenvalue weighted by molar-refractivity contribution is -0.121. The SMILES string of the molecule is NOS(=O)(=O)c1ccc(C[C@H](NC(=O)CCc2ccccc2)c2csc(-c3cccs3)n2)cc1. The number of rotatable bonds is 10. The molecule has 1 amide bonds. The first-order chi connectivity index (χ1) is 16.4. The van der Waals surface area contributed by atoms with Gasteiger partial charge in [0.05, 0.1) is 21.5 Å². The number of nitrogens with zero attached hydrogens (tertiary/aromatic N) is 1. The van der Waals surface area contributed by atoms with Crippen molar-refractivity contribution in [2.45, 2.75) is 30.2 Å². The number of carbonyl (C=O) groups excluding carboxylic acids is 1. The van der Waals surface area contributed by atoms with Crippen molar-refractivity contribution in [2.75, 3.05) is 0 Å². The zero-order valence-electron chi connectivity index (χ0n) is 18.1. The van der Waals surface area contributed by atoms with Crippen LogP contribution in [0.4, 0.5) is 0 Å². The van der Waals surface area contributed by atoms with Gasteiger partial charge in [-0.2, -0.15) is 18.6 Å². The Morgan fingerprint density at radius 2 is 1.76 bits per heavy atom. The van der Waals surface area contributed by atoms with E-state index in [1.54, 1.807) is 23.5 Å². The second-order valence-electron chi connectivity index (χ2n) is 7.56. The van der Waals surface area contributed by atoms with Crippen LogP contribution in [0.15, 0.2) is 82.4 Å². The molecule has 10 heteroatoms. The maximum Gasteiger partial charge on any atom is 0.312 e. The number of nitrogens with one attached hydrogen (secondary N) is 1. The molecule has 0 aliphatic carbocycles. The Kier molecular flexibility index (Phi) is 7.86. The largest absolute Gasteiger partial charge is 0.347 e. The summed E-state index contributed by atoms with van der Waals surface area (Å²) in [5.41, 5.74) is 2.71. The molecule has 2 heterocycles. The number of amides is 1. The number of aryl methyl sites for hydroxylation is 1. The predicted octanol–water partition coefficient (Wildman–Crippen LogP) is 4.48. The first kappa shape index (κ1) is 24.2. The monoisotopic (exact) mass is 513 g/mol. The summed E-state index contributed by atoms with van der Waals surface area (Å²) in [6.45, 7) is 0. The van der Waals surface area contributed by atoms with Crippen LogP contribution >= 0.6 is 22.7 Å². The third-order valence-electron chi connectivity index (χ3n) is 5.21. The van der Waals surface area contributed by atoms with Gasteiger partial charge in [-0.3, -0.25) is 4.79 Å². The van der Waals surface area contributed by atoms with E-state index in [4.69, 9.17) is 10.9 Å². The summed E-state index contributed by atoms with van der Waals surface area (Å²) in [6.07, 6.45) is 1.45. The first-order valence-electron chi connectivity index (χ1n) is 10.5. The van der Waals surface area contributed by atoms with Crippen LogP contribution < -0.4 is 11.2 Å². The standard InChI is InChI=1S/C24H23N3O4S3/c25-31-34(29,30)19-11-8-18(9-12-19)15-20(21-16-33-24(27-21)22-7-4-14-32-22)26-23(28)13-10-17-5-2-1-3-6-17/h1-9,11-12,14,16,20H,10,13,15,25H2,(H,26,28)/t20-/m0/s1. The van der Waals surface area contributed by atoms with E-state index in [-0.39, 0.29) is 16.8 Å². The number of hydrogen-bond donors (Lipinski definition) is 2. The van der Waals surface area contributed by atoms with Crippen molar-refractivity contribution < 1.29 is 17.5 Å². The molecule has 0 aliphatic rings. The fraction of sp³-hybridized carbons (Fsp3) is 0.167. The molecule has 1 atom stereocenters. The lowest BCUT2D eigenvalue weighted by Gasteiger charge is -2.17. The molecular formula is C24H23N3O4S3. The van der Waals surface area contributed by atoms with E-state index in [0.29, 0.717) is 19.3 Å². The molecule has 4 aromatic rings. The predicted molar refractivity (Wildman–Crippen MR) is 134 cm³/mol. The molecule has 0 bridgehead atoms. The topological polar surface area (TPSA) is 111 Å². The first-order valence-corrected chi connectivity index (χ1v) is 13.7. The maximum atomic E-state index is 12.8. The normalized spacial score (nSPS) is 12.4. The van der Waals surface area contributed by atoms with Gasteiger partial charge < -0.3 is 5.32 Å². The Labute approximate surface area is 206 Å². The van der Waals surface area contributed by atoms with E-state index >= 15 is 0 Å².